The largest absolute Gasteiger partial charge is 0.494 e. The number of hydrogen-bond acceptors (Lipinski definition) is 3. The summed E-state index contributed by atoms with van der Waals surface area (Å²) in [6.07, 6.45) is -2.77. The summed E-state index contributed by atoms with van der Waals surface area (Å²) in [5.74, 6) is 0.189. The molecule has 0 saturated carbocycles. The van der Waals surface area contributed by atoms with Gasteiger partial charge in [-0.05, 0) is 48.5 Å². The molecule has 3 rings (SSSR count). The summed E-state index contributed by atoms with van der Waals surface area (Å²) >= 11 is 0. The van der Waals surface area contributed by atoms with E-state index in [9.17, 15) is 18.0 Å². The first-order valence-electron chi connectivity index (χ1n) is 7.96. The number of benzene rings is 2. The summed E-state index contributed by atoms with van der Waals surface area (Å²) in [5, 5.41) is 2.57. The molecule has 0 aliphatic heterocycles. The molecule has 0 bridgehead atoms. The number of rotatable bonds is 4. The van der Waals surface area contributed by atoms with Gasteiger partial charge in [-0.2, -0.15) is 13.2 Å². The number of anilines is 1. The highest BCUT2D eigenvalue weighted by Gasteiger charge is 2.30. The van der Waals surface area contributed by atoms with Crippen LogP contribution in [0.3, 0.4) is 0 Å². The van der Waals surface area contributed by atoms with Gasteiger partial charge in [0.05, 0.1) is 12.7 Å². The molecule has 1 aromatic heterocycles. The first kappa shape index (κ1) is 18.4. The molecule has 1 heterocycles. The molecular formula is C20H15F3N2O2. The molecule has 4 nitrogen and oxygen atoms in total. The third-order valence-electron chi connectivity index (χ3n) is 3.88. The number of methoxy groups -OCH3 is 1. The Kier molecular flexibility index (Phi) is 5.12. The number of nitrogens with one attached hydrogen (secondary N) is 1. The van der Waals surface area contributed by atoms with Crippen LogP contribution in [-0.2, 0) is 6.18 Å². The van der Waals surface area contributed by atoms with E-state index >= 15 is 0 Å². The Morgan fingerprint density at radius 2 is 1.67 bits per heavy atom. The molecule has 7 heteroatoms. The maximum absolute atomic E-state index is 12.6. The molecule has 2 aromatic carbocycles. The van der Waals surface area contributed by atoms with Gasteiger partial charge in [-0.25, -0.2) is 0 Å². The predicted octanol–water partition coefficient (Wildman–Crippen LogP) is 5.03. The van der Waals surface area contributed by atoms with Crippen LogP contribution in [0.15, 0.2) is 66.9 Å². The molecule has 3 aromatic rings. The van der Waals surface area contributed by atoms with Crippen molar-refractivity contribution in [3.63, 3.8) is 0 Å². The van der Waals surface area contributed by atoms with Gasteiger partial charge < -0.3 is 10.1 Å². The molecule has 0 unspecified atom stereocenters. The predicted molar refractivity (Wildman–Crippen MR) is 95.6 cm³/mol. The van der Waals surface area contributed by atoms with Crippen LogP contribution in [0.25, 0.3) is 11.3 Å². The van der Waals surface area contributed by atoms with Gasteiger partial charge in [0, 0.05) is 23.0 Å². The second-order valence-corrected chi connectivity index (χ2v) is 5.66. The Hall–Kier alpha value is -3.35. The van der Waals surface area contributed by atoms with Crippen LogP contribution < -0.4 is 10.1 Å². The van der Waals surface area contributed by atoms with Crippen LogP contribution >= 0.6 is 0 Å². The molecule has 0 spiro atoms. The molecule has 0 atom stereocenters. The Balaban J connectivity index is 1.74. The maximum atomic E-state index is 12.6. The Morgan fingerprint density at radius 3 is 2.26 bits per heavy atom. The van der Waals surface area contributed by atoms with E-state index in [2.05, 4.69) is 10.3 Å². The highest BCUT2D eigenvalue weighted by Crippen LogP contribution is 2.30. The Labute approximate surface area is 153 Å². The number of alkyl halides is 3. The molecule has 0 saturated heterocycles. The van der Waals surface area contributed by atoms with E-state index in [1.807, 2.05) is 0 Å². The minimum absolute atomic E-state index is 0.281. The minimum atomic E-state index is -4.41. The van der Waals surface area contributed by atoms with Crippen molar-refractivity contribution in [1.29, 1.82) is 0 Å². The molecule has 1 N–H and O–H groups in total. The normalized spacial score (nSPS) is 11.1. The van der Waals surface area contributed by atoms with Crippen LogP contribution in [0.2, 0.25) is 0 Å². The number of aromatic nitrogens is 1. The second-order valence-electron chi connectivity index (χ2n) is 5.66. The van der Waals surface area contributed by atoms with E-state index in [-0.39, 0.29) is 5.69 Å². The van der Waals surface area contributed by atoms with Gasteiger partial charge in [0.15, 0.2) is 0 Å². The summed E-state index contributed by atoms with van der Waals surface area (Å²) in [6, 6.07) is 14.5. The number of hydrogen-bond donors (Lipinski definition) is 1. The standard InChI is InChI=1S/C20H15F3N2O2/c1-27-17-3-2-12-24-18(17)13-4-6-14(7-5-13)19(26)25-16-10-8-15(9-11-16)20(21,22)23/h2-12H,1H3,(H,25,26). The van der Waals surface area contributed by atoms with E-state index in [4.69, 9.17) is 4.74 Å². The number of ether oxygens (including phenoxy) is 1. The van der Waals surface area contributed by atoms with E-state index in [0.29, 0.717) is 17.0 Å². The van der Waals surface area contributed by atoms with Crippen molar-refractivity contribution < 1.29 is 22.7 Å². The van der Waals surface area contributed by atoms with Crippen molar-refractivity contribution in [3.8, 4) is 17.0 Å². The number of carbonyl (C=O) groups is 1. The zero-order valence-corrected chi connectivity index (χ0v) is 14.2. The van der Waals surface area contributed by atoms with Crippen molar-refractivity contribution in [1.82, 2.24) is 4.98 Å². The van der Waals surface area contributed by atoms with Gasteiger partial charge in [-0.15, -0.1) is 0 Å². The topological polar surface area (TPSA) is 51.2 Å². The van der Waals surface area contributed by atoms with Gasteiger partial charge in [-0.3, -0.25) is 9.78 Å². The summed E-state index contributed by atoms with van der Waals surface area (Å²) in [6.45, 7) is 0. The Morgan fingerprint density at radius 1 is 1.00 bits per heavy atom. The number of halogens is 3. The lowest BCUT2D eigenvalue weighted by molar-refractivity contribution is -0.137. The fourth-order valence-corrected chi connectivity index (χ4v) is 2.50. The van der Waals surface area contributed by atoms with E-state index in [1.165, 1.54) is 12.1 Å². The molecular weight excluding hydrogens is 357 g/mol. The molecule has 0 aliphatic carbocycles. The number of nitrogens with zero attached hydrogens (tertiary/aromatic N) is 1. The van der Waals surface area contributed by atoms with Crippen LogP contribution in [0, 0.1) is 0 Å². The summed E-state index contributed by atoms with van der Waals surface area (Å²) in [4.78, 5) is 16.6. The van der Waals surface area contributed by atoms with Crippen molar-refractivity contribution in [3.05, 3.63) is 78.0 Å². The van der Waals surface area contributed by atoms with Crippen LogP contribution in [-0.4, -0.2) is 18.0 Å². The fourth-order valence-electron chi connectivity index (χ4n) is 2.50. The van der Waals surface area contributed by atoms with E-state index in [0.717, 1.165) is 17.7 Å². The van der Waals surface area contributed by atoms with Crippen LogP contribution in [0.4, 0.5) is 18.9 Å². The quantitative estimate of drug-likeness (QED) is 0.699. The first-order valence-corrected chi connectivity index (χ1v) is 7.96. The lowest BCUT2D eigenvalue weighted by Crippen LogP contribution is -2.12. The van der Waals surface area contributed by atoms with Crippen LogP contribution in [0.1, 0.15) is 15.9 Å². The molecule has 1 amide bonds. The van der Waals surface area contributed by atoms with Gasteiger partial charge in [0.25, 0.3) is 5.91 Å². The average Bonchev–Trinajstić information content (AvgIpc) is 2.68. The van der Waals surface area contributed by atoms with Crippen LogP contribution in [0.5, 0.6) is 5.75 Å². The number of amides is 1. The van der Waals surface area contributed by atoms with Gasteiger partial charge in [0.2, 0.25) is 0 Å². The van der Waals surface area contributed by atoms with Gasteiger partial charge >= 0.3 is 6.18 Å². The third-order valence-corrected chi connectivity index (χ3v) is 3.88. The SMILES string of the molecule is COc1cccnc1-c1ccc(C(=O)Nc2ccc(C(F)(F)F)cc2)cc1. The highest BCUT2D eigenvalue weighted by atomic mass is 19.4. The summed E-state index contributed by atoms with van der Waals surface area (Å²) in [5.41, 5.74) is 1.31. The highest BCUT2D eigenvalue weighted by molar-refractivity contribution is 6.04. The molecule has 0 radical (unpaired) electrons. The summed E-state index contributed by atoms with van der Waals surface area (Å²) in [7, 11) is 1.55. The van der Waals surface area contributed by atoms with Gasteiger partial charge in [0.1, 0.15) is 11.4 Å². The monoisotopic (exact) mass is 372 g/mol. The minimum Gasteiger partial charge on any atom is -0.494 e. The molecule has 0 aliphatic rings. The van der Waals surface area contributed by atoms with E-state index < -0.39 is 17.6 Å². The molecule has 0 fully saturated rings. The lowest BCUT2D eigenvalue weighted by atomic mass is 10.1. The molecule has 27 heavy (non-hydrogen) atoms. The van der Waals surface area contributed by atoms with Crippen molar-refractivity contribution in [2.45, 2.75) is 6.18 Å². The number of pyridine rings is 1. The Bertz CT molecular complexity index is 937. The zero-order chi connectivity index (χ0) is 19.4. The summed E-state index contributed by atoms with van der Waals surface area (Å²) < 4.78 is 43.0. The van der Waals surface area contributed by atoms with Gasteiger partial charge in [-0.1, -0.05) is 12.1 Å². The average molecular weight is 372 g/mol. The van der Waals surface area contributed by atoms with E-state index in [1.54, 1.807) is 49.7 Å². The number of carbonyl (C=O) groups excluding carboxylic acids is 1. The maximum Gasteiger partial charge on any atom is 0.416 e. The fraction of sp³-hybridized carbons (Fsp3) is 0.100. The first-order chi connectivity index (χ1) is 12.9. The zero-order valence-electron chi connectivity index (χ0n) is 14.2. The lowest BCUT2D eigenvalue weighted by Gasteiger charge is -2.10. The molecule has 138 valence electrons. The smallest absolute Gasteiger partial charge is 0.416 e. The third kappa shape index (κ3) is 4.25. The van der Waals surface area contributed by atoms with Crippen molar-refractivity contribution in [2.24, 2.45) is 0 Å². The second kappa shape index (κ2) is 7.49. The van der Waals surface area contributed by atoms with Crippen molar-refractivity contribution in [2.75, 3.05) is 12.4 Å². The van der Waals surface area contributed by atoms with Crippen molar-refractivity contribution >= 4 is 11.6 Å².